The fourth-order valence-corrected chi connectivity index (χ4v) is 4.32. The van der Waals surface area contributed by atoms with E-state index in [9.17, 15) is 9.59 Å². The Morgan fingerprint density at radius 2 is 1.93 bits per heavy atom. The molecule has 2 heterocycles. The lowest BCUT2D eigenvalue weighted by Gasteiger charge is -2.32. The fourth-order valence-electron chi connectivity index (χ4n) is 3.57. The summed E-state index contributed by atoms with van der Waals surface area (Å²) in [6.45, 7) is 2.85. The van der Waals surface area contributed by atoms with Crippen molar-refractivity contribution in [2.24, 2.45) is 11.7 Å². The predicted molar refractivity (Wildman–Crippen MR) is 110 cm³/mol. The Morgan fingerprint density at radius 3 is 2.57 bits per heavy atom. The van der Waals surface area contributed by atoms with E-state index in [0.717, 1.165) is 11.3 Å². The molecular weight excluding hydrogens is 374 g/mol. The molecule has 1 aromatic heterocycles. The van der Waals surface area contributed by atoms with Crippen molar-refractivity contribution in [2.75, 3.05) is 26.7 Å². The summed E-state index contributed by atoms with van der Waals surface area (Å²) in [5.74, 6) is 0.547. The number of benzene rings is 1. The molecule has 6 nitrogen and oxygen atoms in total. The Hall–Kier alpha value is -2.38. The lowest BCUT2D eigenvalue weighted by molar-refractivity contribution is -0.136. The number of piperidine rings is 1. The second-order valence-corrected chi connectivity index (χ2v) is 8.13. The standard InChI is InChI=1S/C21H27N3O3S/c1-27-19-7-3-2-5-17(19)13-23(14-18-6-4-12-28-18)15-20(25)24-10-8-16(9-11-24)21(22)26/h2-7,12,16H,8-11,13-15H2,1H3,(H2,22,26). The first kappa shape index (κ1) is 20.4. The molecule has 2 N–H and O–H groups in total. The van der Waals surface area contributed by atoms with E-state index >= 15 is 0 Å². The van der Waals surface area contributed by atoms with Gasteiger partial charge >= 0.3 is 0 Å². The monoisotopic (exact) mass is 401 g/mol. The summed E-state index contributed by atoms with van der Waals surface area (Å²) < 4.78 is 5.47. The van der Waals surface area contributed by atoms with Crippen molar-refractivity contribution in [3.63, 3.8) is 0 Å². The Bertz CT molecular complexity index is 786. The minimum absolute atomic E-state index is 0.0920. The summed E-state index contributed by atoms with van der Waals surface area (Å²) >= 11 is 1.69. The first-order valence-corrected chi connectivity index (χ1v) is 10.4. The molecule has 0 aliphatic carbocycles. The van der Waals surface area contributed by atoms with E-state index in [1.165, 1.54) is 4.88 Å². The number of rotatable bonds is 8. The third-order valence-electron chi connectivity index (χ3n) is 5.15. The molecule has 0 atom stereocenters. The molecule has 1 aromatic carbocycles. The van der Waals surface area contributed by atoms with Crippen LogP contribution in [0.1, 0.15) is 23.3 Å². The smallest absolute Gasteiger partial charge is 0.236 e. The lowest BCUT2D eigenvalue weighted by Crippen LogP contribution is -2.45. The molecule has 0 saturated carbocycles. The minimum Gasteiger partial charge on any atom is -0.496 e. The maximum Gasteiger partial charge on any atom is 0.236 e. The van der Waals surface area contributed by atoms with Crippen LogP contribution in [0.4, 0.5) is 0 Å². The van der Waals surface area contributed by atoms with Gasteiger partial charge < -0.3 is 15.4 Å². The van der Waals surface area contributed by atoms with E-state index in [1.54, 1.807) is 18.4 Å². The molecule has 7 heteroatoms. The highest BCUT2D eigenvalue weighted by molar-refractivity contribution is 7.09. The molecule has 2 amide bonds. The quantitative estimate of drug-likeness (QED) is 0.737. The fraction of sp³-hybridized carbons (Fsp3) is 0.429. The van der Waals surface area contributed by atoms with E-state index in [0.29, 0.717) is 45.6 Å². The summed E-state index contributed by atoms with van der Waals surface area (Å²) in [5.41, 5.74) is 6.45. The van der Waals surface area contributed by atoms with E-state index < -0.39 is 0 Å². The molecule has 150 valence electrons. The van der Waals surface area contributed by atoms with Crippen LogP contribution < -0.4 is 10.5 Å². The van der Waals surface area contributed by atoms with Gasteiger partial charge in [0.05, 0.1) is 13.7 Å². The van der Waals surface area contributed by atoms with Crippen molar-refractivity contribution in [2.45, 2.75) is 25.9 Å². The minimum atomic E-state index is -0.261. The van der Waals surface area contributed by atoms with E-state index in [1.807, 2.05) is 40.6 Å². The van der Waals surface area contributed by atoms with Crippen LogP contribution in [0.2, 0.25) is 0 Å². The molecule has 3 rings (SSSR count). The number of hydrogen-bond donors (Lipinski definition) is 1. The van der Waals surface area contributed by atoms with Crippen LogP contribution in [0, 0.1) is 5.92 Å². The maximum absolute atomic E-state index is 12.9. The van der Waals surface area contributed by atoms with Crippen molar-refractivity contribution in [1.29, 1.82) is 0 Å². The van der Waals surface area contributed by atoms with Crippen molar-refractivity contribution >= 4 is 23.2 Å². The molecule has 1 saturated heterocycles. The normalized spacial score (nSPS) is 15.0. The molecule has 0 spiro atoms. The Kier molecular flexibility index (Phi) is 7.06. The Morgan fingerprint density at radius 1 is 1.18 bits per heavy atom. The van der Waals surface area contributed by atoms with E-state index in [4.69, 9.17) is 10.5 Å². The van der Waals surface area contributed by atoms with Gasteiger partial charge in [0.1, 0.15) is 5.75 Å². The molecule has 1 aliphatic rings. The maximum atomic E-state index is 12.9. The average molecular weight is 402 g/mol. The number of amides is 2. The number of methoxy groups -OCH3 is 1. The van der Waals surface area contributed by atoms with Gasteiger partial charge in [-0.1, -0.05) is 24.3 Å². The zero-order valence-corrected chi connectivity index (χ0v) is 17.0. The van der Waals surface area contributed by atoms with Crippen LogP contribution in [0.25, 0.3) is 0 Å². The zero-order valence-electron chi connectivity index (χ0n) is 16.2. The van der Waals surface area contributed by atoms with Crippen LogP contribution in [0.3, 0.4) is 0 Å². The molecule has 0 radical (unpaired) electrons. The highest BCUT2D eigenvalue weighted by Gasteiger charge is 2.27. The summed E-state index contributed by atoms with van der Waals surface area (Å²) in [7, 11) is 1.66. The largest absolute Gasteiger partial charge is 0.496 e. The number of carbonyl (C=O) groups is 2. The number of para-hydroxylation sites is 1. The molecule has 1 fully saturated rings. The second-order valence-electron chi connectivity index (χ2n) is 7.09. The topological polar surface area (TPSA) is 75.9 Å². The Balaban J connectivity index is 1.67. The molecule has 1 aliphatic heterocycles. The van der Waals surface area contributed by atoms with Gasteiger partial charge in [0.15, 0.2) is 0 Å². The first-order chi connectivity index (χ1) is 13.6. The number of thiophene rings is 1. The van der Waals surface area contributed by atoms with Gasteiger partial charge in [-0.2, -0.15) is 0 Å². The lowest BCUT2D eigenvalue weighted by atomic mass is 9.96. The predicted octanol–water partition coefficient (Wildman–Crippen LogP) is 2.48. The van der Waals surface area contributed by atoms with Crippen LogP contribution in [0.5, 0.6) is 5.75 Å². The van der Waals surface area contributed by atoms with Crippen molar-refractivity contribution in [1.82, 2.24) is 9.80 Å². The van der Waals surface area contributed by atoms with Crippen molar-refractivity contribution in [3.05, 3.63) is 52.2 Å². The summed E-state index contributed by atoms with van der Waals surface area (Å²) in [6, 6.07) is 12.0. The van der Waals surface area contributed by atoms with Crippen LogP contribution in [0.15, 0.2) is 41.8 Å². The average Bonchev–Trinajstić information content (AvgIpc) is 3.21. The summed E-state index contributed by atoms with van der Waals surface area (Å²) in [6.07, 6.45) is 1.30. The molecule has 28 heavy (non-hydrogen) atoms. The SMILES string of the molecule is COc1ccccc1CN(CC(=O)N1CCC(C(N)=O)CC1)Cc1cccs1. The van der Waals surface area contributed by atoms with Crippen LogP contribution in [-0.4, -0.2) is 48.4 Å². The molecule has 0 bridgehead atoms. The Labute approximate surface area is 169 Å². The summed E-state index contributed by atoms with van der Waals surface area (Å²) in [4.78, 5) is 29.5. The van der Waals surface area contributed by atoms with Crippen molar-refractivity contribution in [3.8, 4) is 5.75 Å². The summed E-state index contributed by atoms with van der Waals surface area (Å²) in [5, 5.41) is 2.05. The van der Waals surface area contributed by atoms with Crippen LogP contribution in [-0.2, 0) is 22.7 Å². The zero-order chi connectivity index (χ0) is 19.9. The number of hydrogen-bond acceptors (Lipinski definition) is 5. The van der Waals surface area contributed by atoms with Gasteiger partial charge in [-0.25, -0.2) is 0 Å². The van der Waals surface area contributed by atoms with Crippen molar-refractivity contribution < 1.29 is 14.3 Å². The molecule has 2 aromatic rings. The first-order valence-electron chi connectivity index (χ1n) is 9.50. The van der Waals surface area contributed by atoms with Gasteiger partial charge in [0.2, 0.25) is 11.8 Å². The van der Waals surface area contributed by atoms with Gasteiger partial charge in [0, 0.05) is 42.5 Å². The van der Waals surface area contributed by atoms with E-state index in [-0.39, 0.29) is 17.7 Å². The number of likely N-dealkylation sites (tertiary alicyclic amines) is 1. The van der Waals surface area contributed by atoms with E-state index in [2.05, 4.69) is 11.0 Å². The van der Waals surface area contributed by atoms with Gasteiger partial charge in [0.25, 0.3) is 0 Å². The van der Waals surface area contributed by atoms with Gasteiger partial charge in [-0.3, -0.25) is 14.5 Å². The third-order valence-corrected chi connectivity index (χ3v) is 6.02. The second kappa shape index (κ2) is 9.71. The van der Waals surface area contributed by atoms with Crippen LogP contribution >= 0.6 is 11.3 Å². The molecular formula is C21H27N3O3S. The van der Waals surface area contributed by atoms with Gasteiger partial charge in [-0.15, -0.1) is 11.3 Å². The highest BCUT2D eigenvalue weighted by Crippen LogP contribution is 2.22. The number of primary amides is 1. The highest BCUT2D eigenvalue weighted by atomic mass is 32.1. The number of ether oxygens (including phenoxy) is 1. The number of nitrogens with zero attached hydrogens (tertiary/aromatic N) is 2. The molecule has 0 unspecified atom stereocenters. The third kappa shape index (κ3) is 5.33. The number of nitrogens with two attached hydrogens (primary N) is 1. The number of carbonyl (C=O) groups excluding carboxylic acids is 2. The van der Waals surface area contributed by atoms with Gasteiger partial charge in [-0.05, 0) is 30.4 Å².